The molecule has 1 heterocycles. The summed E-state index contributed by atoms with van der Waals surface area (Å²) in [5, 5.41) is 0. The Kier molecular flexibility index (Phi) is 4.12. The quantitative estimate of drug-likeness (QED) is 0.696. The van der Waals surface area contributed by atoms with Crippen LogP contribution in [0.15, 0.2) is 12.4 Å². The van der Waals surface area contributed by atoms with Crippen molar-refractivity contribution in [3.8, 4) is 0 Å². The Morgan fingerprint density at radius 2 is 2.29 bits per heavy atom. The van der Waals surface area contributed by atoms with Gasteiger partial charge in [0.15, 0.2) is 0 Å². The molecule has 0 spiro atoms. The molecule has 1 rings (SSSR count). The Morgan fingerprint density at radius 3 is 2.93 bits per heavy atom. The first-order chi connectivity index (χ1) is 6.74. The van der Waals surface area contributed by atoms with Gasteiger partial charge in [0.25, 0.3) is 0 Å². The van der Waals surface area contributed by atoms with Crippen molar-refractivity contribution in [1.82, 2.24) is 9.97 Å². The van der Waals surface area contributed by atoms with Crippen LogP contribution in [0, 0.1) is 0 Å². The van der Waals surface area contributed by atoms with Gasteiger partial charge in [-0.25, -0.2) is 4.98 Å². The zero-order valence-electron chi connectivity index (χ0n) is 8.60. The number of hydrogen-bond donors (Lipinski definition) is 1. The molecule has 0 atom stereocenters. The molecule has 0 unspecified atom stereocenters. The summed E-state index contributed by atoms with van der Waals surface area (Å²) in [7, 11) is 3.65. The van der Waals surface area contributed by atoms with Crippen molar-refractivity contribution < 1.29 is 4.74 Å². The molecular weight excluding hydrogens is 180 g/mol. The normalized spacial score (nSPS) is 10.1. The number of nitrogen functional groups attached to an aromatic ring is 1. The SMILES string of the molecule is COCCCN(C)c1cncc(N)n1. The van der Waals surface area contributed by atoms with Crippen LogP contribution in [0.1, 0.15) is 6.42 Å². The number of hydrogen-bond acceptors (Lipinski definition) is 5. The summed E-state index contributed by atoms with van der Waals surface area (Å²) < 4.78 is 4.96. The molecule has 0 saturated heterocycles. The molecule has 2 N–H and O–H groups in total. The van der Waals surface area contributed by atoms with Gasteiger partial charge < -0.3 is 15.4 Å². The van der Waals surface area contributed by atoms with Gasteiger partial charge in [0, 0.05) is 27.3 Å². The van der Waals surface area contributed by atoms with E-state index >= 15 is 0 Å². The second-order valence-corrected chi connectivity index (χ2v) is 3.07. The van der Waals surface area contributed by atoms with Crippen molar-refractivity contribution in [2.45, 2.75) is 6.42 Å². The monoisotopic (exact) mass is 196 g/mol. The molecule has 0 bridgehead atoms. The standard InChI is InChI=1S/C9H16N4O/c1-13(4-3-5-14-2)9-7-11-6-8(10)12-9/h6-7H,3-5H2,1-2H3,(H2,10,12). The third-order valence-corrected chi connectivity index (χ3v) is 1.87. The lowest BCUT2D eigenvalue weighted by atomic mass is 10.4. The molecule has 0 aliphatic heterocycles. The number of ether oxygens (including phenoxy) is 1. The number of methoxy groups -OCH3 is 1. The van der Waals surface area contributed by atoms with Crippen molar-refractivity contribution in [3.63, 3.8) is 0 Å². The topological polar surface area (TPSA) is 64.3 Å². The minimum Gasteiger partial charge on any atom is -0.385 e. The average molecular weight is 196 g/mol. The lowest BCUT2D eigenvalue weighted by Gasteiger charge is -2.17. The first-order valence-electron chi connectivity index (χ1n) is 4.51. The maximum Gasteiger partial charge on any atom is 0.149 e. The van der Waals surface area contributed by atoms with Gasteiger partial charge >= 0.3 is 0 Å². The highest BCUT2D eigenvalue weighted by atomic mass is 16.5. The van der Waals surface area contributed by atoms with Gasteiger partial charge in [-0.05, 0) is 6.42 Å². The molecular formula is C9H16N4O. The minimum atomic E-state index is 0.445. The molecule has 0 aliphatic rings. The fraction of sp³-hybridized carbons (Fsp3) is 0.556. The van der Waals surface area contributed by atoms with Crippen molar-refractivity contribution in [1.29, 1.82) is 0 Å². The van der Waals surface area contributed by atoms with Crippen LogP contribution in [0.5, 0.6) is 0 Å². The predicted octanol–water partition coefficient (Wildman–Crippen LogP) is 0.531. The zero-order valence-corrected chi connectivity index (χ0v) is 8.60. The van der Waals surface area contributed by atoms with E-state index in [0.29, 0.717) is 5.82 Å². The van der Waals surface area contributed by atoms with Gasteiger partial charge in [-0.2, -0.15) is 0 Å². The lowest BCUT2D eigenvalue weighted by Crippen LogP contribution is -2.21. The Morgan fingerprint density at radius 1 is 1.50 bits per heavy atom. The second kappa shape index (κ2) is 5.39. The van der Waals surface area contributed by atoms with Crippen LogP contribution in [0.2, 0.25) is 0 Å². The molecule has 14 heavy (non-hydrogen) atoms. The molecule has 78 valence electrons. The average Bonchev–Trinajstić information content (AvgIpc) is 2.18. The number of aromatic nitrogens is 2. The molecule has 0 amide bonds. The van der Waals surface area contributed by atoms with E-state index in [2.05, 4.69) is 9.97 Å². The van der Waals surface area contributed by atoms with Crippen LogP contribution in [-0.2, 0) is 4.74 Å². The van der Waals surface area contributed by atoms with Crippen molar-refractivity contribution in [3.05, 3.63) is 12.4 Å². The number of nitrogens with zero attached hydrogens (tertiary/aromatic N) is 3. The molecule has 0 aliphatic carbocycles. The predicted molar refractivity (Wildman–Crippen MR) is 56.2 cm³/mol. The van der Waals surface area contributed by atoms with Crippen LogP contribution in [-0.4, -0.2) is 37.3 Å². The maximum atomic E-state index is 5.53. The molecule has 0 aromatic carbocycles. The molecule has 1 aromatic rings. The van der Waals surface area contributed by atoms with Gasteiger partial charge in [0.05, 0.1) is 12.4 Å². The number of nitrogens with two attached hydrogens (primary N) is 1. The van der Waals surface area contributed by atoms with Gasteiger partial charge in [0.2, 0.25) is 0 Å². The summed E-state index contributed by atoms with van der Waals surface area (Å²) in [5.74, 6) is 1.24. The molecule has 5 nitrogen and oxygen atoms in total. The van der Waals surface area contributed by atoms with Gasteiger partial charge in [-0.1, -0.05) is 0 Å². The van der Waals surface area contributed by atoms with E-state index in [-0.39, 0.29) is 0 Å². The summed E-state index contributed by atoms with van der Waals surface area (Å²) in [5.41, 5.74) is 5.53. The zero-order chi connectivity index (χ0) is 10.4. The van der Waals surface area contributed by atoms with Crippen molar-refractivity contribution >= 4 is 11.6 Å². The fourth-order valence-corrected chi connectivity index (χ4v) is 1.11. The van der Waals surface area contributed by atoms with E-state index in [0.717, 1.165) is 25.4 Å². The van der Waals surface area contributed by atoms with Crippen LogP contribution in [0.25, 0.3) is 0 Å². The first kappa shape index (κ1) is 10.7. The van der Waals surface area contributed by atoms with Crippen molar-refractivity contribution in [2.75, 3.05) is 37.9 Å². The molecule has 0 fully saturated rings. The molecule has 1 aromatic heterocycles. The third kappa shape index (κ3) is 3.18. The van der Waals surface area contributed by atoms with Crippen LogP contribution in [0.4, 0.5) is 11.6 Å². The summed E-state index contributed by atoms with van der Waals surface area (Å²) in [6, 6.07) is 0. The van der Waals surface area contributed by atoms with E-state index in [1.165, 1.54) is 6.20 Å². The highest BCUT2D eigenvalue weighted by Crippen LogP contribution is 2.08. The molecule has 0 radical (unpaired) electrons. The third-order valence-electron chi connectivity index (χ3n) is 1.87. The number of rotatable bonds is 5. The fourth-order valence-electron chi connectivity index (χ4n) is 1.11. The summed E-state index contributed by atoms with van der Waals surface area (Å²) in [6.45, 7) is 1.63. The van der Waals surface area contributed by atoms with Gasteiger partial charge in [0.1, 0.15) is 11.6 Å². The van der Waals surface area contributed by atoms with Crippen LogP contribution in [0.3, 0.4) is 0 Å². The van der Waals surface area contributed by atoms with E-state index < -0.39 is 0 Å². The highest BCUT2D eigenvalue weighted by Gasteiger charge is 2.02. The summed E-state index contributed by atoms with van der Waals surface area (Å²) >= 11 is 0. The van der Waals surface area contributed by atoms with E-state index in [1.807, 2.05) is 11.9 Å². The van der Waals surface area contributed by atoms with Crippen LogP contribution < -0.4 is 10.6 Å². The summed E-state index contributed by atoms with van der Waals surface area (Å²) in [6.07, 6.45) is 4.19. The molecule has 5 heteroatoms. The minimum absolute atomic E-state index is 0.445. The maximum absolute atomic E-state index is 5.53. The van der Waals surface area contributed by atoms with Crippen molar-refractivity contribution in [2.24, 2.45) is 0 Å². The molecule has 0 saturated carbocycles. The second-order valence-electron chi connectivity index (χ2n) is 3.07. The Bertz CT molecular complexity index is 279. The van der Waals surface area contributed by atoms with Gasteiger partial charge in [-0.15, -0.1) is 0 Å². The summed E-state index contributed by atoms with van der Waals surface area (Å²) in [4.78, 5) is 10.1. The Balaban J connectivity index is 2.47. The smallest absolute Gasteiger partial charge is 0.149 e. The van der Waals surface area contributed by atoms with Gasteiger partial charge in [-0.3, -0.25) is 4.98 Å². The van der Waals surface area contributed by atoms with E-state index in [9.17, 15) is 0 Å². The van der Waals surface area contributed by atoms with Crippen LogP contribution >= 0.6 is 0 Å². The highest BCUT2D eigenvalue weighted by molar-refractivity contribution is 5.40. The van der Waals surface area contributed by atoms with E-state index in [4.69, 9.17) is 10.5 Å². The lowest BCUT2D eigenvalue weighted by molar-refractivity contribution is 0.196. The Labute approximate surface area is 83.9 Å². The largest absolute Gasteiger partial charge is 0.385 e. The Hall–Kier alpha value is -1.36. The van der Waals surface area contributed by atoms with E-state index in [1.54, 1.807) is 13.3 Å². The number of anilines is 2. The first-order valence-corrected chi connectivity index (χ1v) is 4.51.